The van der Waals surface area contributed by atoms with Gasteiger partial charge in [-0.1, -0.05) is 13.3 Å². The molecular weight excluding hydrogens is 218 g/mol. The van der Waals surface area contributed by atoms with Gasteiger partial charge in [0.1, 0.15) is 5.69 Å². The van der Waals surface area contributed by atoms with E-state index in [9.17, 15) is 4.79 Å². The fraction of sp³-hybridized carbons (Fsp3) is 0.615. The van der Waals surface area contributed by atoms with Crippen molar-refractivity contribution in [3.63, 3.8) is 0 Å². The van der Waals surface area contributed by atoms with Crippen molar-refractivity contribution in [2.24, 2.45) is 0 Å². The molecule has 0 atom stereocenters. The molecule has 4 heteroatoms. The van der Waals surface area contributed by atoms with Crippen LogP contribution in [0.25, 0.3) is 0 Å². The summed E-state index contributed by atoms with van der Waals surface area (Å²) in [6.45, 7) is 6.43. The van der Waals surface area contributed by atoms with Gasteiger partial charge < -0.3 is 14.0 Å². The van der Waals surface area contributed by atoms with Crippen molar-refractivity contribution in [3.8, 4) is 0 Å². The minimum Gasteiger partial charge on any atom is -0.461 e. The molecule has 0 spiro atoms. The van der Waals surface area contributed by atoms with Gasteiger partial charge in [-0.2, -0.15) is 0 Å². The summed E-state index contributed by atoms with van der Waals surface area (Å²) in [5.74, 6) is -0.272. The summed E-state index contributed by atoms with van der Waals surface area (Å²) in [7, 11) is 0. The van der Waals surface area contributed by atoms with Gasteiger partial charge in [-0.3, -0.25) is 0 Å². The molecule has 0 radical (unpaired) electrons. The molecule has 0 aromatic carbocycles. The van der Waals surface area contributed by atoms with E-state index in [2.05, 4.69) is 6.92 Å². The van der Waals surface area contributed by atoms with Crippen LogP contribution in [0.1, 0.15) is 37.2 Å². The van der Waals surface area contributed by atoms with Crippen LogP contribution in [0.15, 0.2) is 18.3 Å². The van der Waals surface area contributed by atoms with E-state index in [0.717, 1.165) is 19.4 Å². The number of nitrogens with zero attached hydrogens (tertiary/aromatic N) is 1. The summed E-state index contributed by atoms with van der Waals surface area (Å²) in [5.41, 5.74) is 0.589. The molecule has 0 amide bonds. The highest BCUT2D eigenvalue weighted by molar-refractivity contribution is 5.87. The van der Waals surface area contributed by atoms with Gasteiger partial charge in [-0.25, -0.2) is 4.79 Å². The molecule has 0 fully saturated rings. The Bertz CT molecular complexity index is 333. The van der Waals surface area contributed by atoms with Gasteiger partial charge in [-0.05, 0) is 25.5 Å². The van der Waals surface area contributed by atoms with Crippen LogP contribution in [0.4, 0.5) is 0 Å². The quantitative estimate of drug-likeness (QED) is 0.517. The largest absolute Gasteiger partial charge is 0.461 e. The average Bonchev–Trinajstić information content (AvgIpc) is 2.77. The Morgan fingerprint density at radius 2 is 2.18 bits per heavy atom. The normalized spacial score (nSPS) is 10.5. The monoisotopic (exact) mass is 239 g/mol. The van der Waals surface area contributed by atoms with E-state index in [4.69, 9.17) is 9.47 Å². The molecule has 1 aromatic rings. The third-order valence-electron chi connectivity index (χ3n) is 2.43. The number of hydrogen-bond donors (Lipinski definition) is 0. The zero-order valence-electron chi connectivity index (χ0n) is 10.6. The van der Waals surface area contributed by atoms with E-state index in [0.29, 0.717) is 25.5 Å². The number of unbranched alkanes of at least 4 members (excludes halogenated alkanes) is 1. The fourth-order valence-corrected chi connectivity index (χ4v) is 1.51. The molecule has 0 bridgehead atoms. The summed E-state index contributed by atoms with van der Waals surface area (Å²) < 4.78 is 12.3. The molecule has 4 nitrogen and oxygen atoms in total. The van der Waals surface area contributed by atoms with Crippen molar-refractivity contribution >= 4 is 5.97 Å². The zero-order valence-corrected chi connectivity index (χ0v) is 10.6. The van der Waals surface area contributed by atoms with Crippen molar-refractivity contribution in [1.82, 2.24) is 4.57 Å². The van der Waals surface area contributed by atoms with E-state index in [-0.39, 0.29) is 5.97 Å². The van der Waals surface area contributed by atoms with Crippen LogP contribution in [0.2, 0.25) is 0 Å². The van der Waals surface area contributed by atoms with E-state index in [1.54, 1.807) is 13.0 Å². The topological polar surface area (TPSA) is 40.5 Å². The van der Waals surface area contributed by atoms with Crippen LogP contribution >= 0.6 is 0 Å². The van der Waals surface area contributed by atoms with Crippen molar-refractivity contribution < 1.29 is 14.3 Å². The predicted octanol–water partition coefficient (Wildman–Crippen LogP) is 2.48. The maximum atomic E-state index is 11.6. The number of aromatic nitrogens is 1. The second-order valence-corrected chi connectivity index (χ2v) is 3.77. The van der Waals surface area contributed by atoms with Gasteiger partial charge in [0.2, 0.25) is 0 Å². The minimum atomic E-state index is -0.272. The lowest BCUT2D eigenvalue weighted by molar-refractivity contribution is 0.0510. The van der Waals surface area contributed by atoms with Gasteiger partial charge in [0.15, 0.2) is 0 Å². The third kappa shape index (κ3) is 4.61. The lowest BCUT2D eigenvalue weighted by Gasteiger charge is -2.08. The Morgan fingerprint density at radius 3 is 2.88 bits per heavy atom. The van der Waals surface area contributed by atoms with Crippen molar-refractivity contribution in [3.05, 3.63) is 24.0 Å². The molecule has 0 saturated carbocycles. The van der Waals surface area contributed by atoms with Gasteiger partial charge in [-0.15, -0.1) is 0 Å². The molecule has 0 aliphatic heterocycles. The average molecular weight is 239 g/mol. The first-order valence-corrected chi connectivity index (χ1v) is 6.19. The smallest absolute Gasteiger partial charge is 0.354 e. The Kier molecular flexibility index (Phi) is 6.40. The third-order valence-corrected chi connectivity index (χ3v) is 2.43. The van der Waals surface area contributed by atoms with E-state index >= 15 is 0 Å². The molecule has 0 unspecified atom stereocenters. The summed E-state index contributed by atoms with van der Waals surface area (Å²) >= 11 is 0. The maximum absolute atomic E-state index is 11.6. The lowest BCUT2D eigenvalue weighted by atomic mass is 10.4. The molecule has 0 saturated heterocycles. The Hall–Kier alpha value is -1.29. The van der Waals surface area contributed by atoms with Crippen LogP contribution in [0.3, 0.4) is 0 Å². The number of carbonyl (C=O) groups is 1. The second kappa shape index (κ2) is 7.90. The summed E-state index contributed by atoms with van der Waals surface area (Å²) in [4.78, 5) is 11.6. The molecule has 17 heavy (non-hydrogen) atoms. The molecule has 0 N–H and O–H groups in total. The molecular formula is C13H21NO3. The maximum Gasteiger partial charge on any atom is 0.354 e. The Labute approximate surface area is 103 Å². The molecule has 1 aromatic heterocycles. The van der Waals surface area contributed by atoms with Crippen LogP contribution in [-0.4, -0.2) is 30.4 Å². The SMILES string of the molecule is CCCCOCCn1cccc1C(=O)OCC. The first kappa shape index (κ1) is 13.8. The Morgan fingerprint density at radius 1 is 1.35 bits per heavy atom. The van der Waals surface area contributed by atoms with E-state index in [1.165, 1.54) is 0 Å². The highest BCUT2D eigenvalue weighted by Gasteiger charge is 2.10. The molecule has 0 aliphatic carbocycles. The lowest BCUT2D eigenvalue weighted by Crippen LogP contribution is -2.14. The highest BCUT2D eigenvalue weighted by Crippen LogP contribution is 2.04. The van der Waals surface area contributed by atoms with E-state index in [1.807, 2.05) is 16.8 Å². The van der Waals surface area contributed by atoms with Gasteiger partial charge >= 0.3 is 5.97 Å². The second-order valence-electron chi connectivity index (χ2n) is 3.77. The standard InChI is InChI=1S/C13H21NO3/c1-3-5-10-16-11-9-14-8-6-7-12(14)13(15)17-4-2/h6-8H,3-5,9-11H2,1-2H3. The number of rotatable bonds is 8. The van der Waals surface area contributed by atoms with Crippen molar-refractivity contribution in [2.75, 3.05) is 19.8 Å². The number of hydrogen-bond acceptors (Lipinski definition) is 3. The highest BCUT2D eigenvalue weighted by atomic mass is 16.5. The summed E-state index contributed by atoms with van der Waals surface area (Å²) in [5, 5.41) is 0. The summed E-state index contributed by atoms with van der Waals surface area (Å²) in [6, 6.07) is 3.61. The van der Waals surface area contributed by atoms with Crippen LogP contribution < -0.4 is 0 Å². The van der Waals surface area contributed by atoms with Crippen LogP contribution in [-0.2, 0) is 16.0 Å². The molecule has 1 rings (SSSR count). The first-order valence-electron chi connectivity index (χ1n) is 6.19. The van der Waals surface area contributed by atoms with Crippen molar-refractivity contribution in [2.45, 2.75) is 33.2 Å². The number of carbonyl (C=O) groups excluding carboxylic acids is 1. The number of ether oxygens (including phenoxy) is 2. The van der Waals surface area contributed by atoms with Crippen LogP contribution in [0, 0.1) is 0 Å². The minimum absolute atomic E-state index is 0.272. The first-order chi connectivity index (χ1) is 8.29. The number of esters is 1. The molecule has 0 aliphatic rings. The van der Waals surface area contributed by atoms with Gasteiger partial charge in [0, 0.05) is 19.3 Å². The van der Waals surface area contributed by atoms with Gasteiger partial charge in [0.25, 0.3) is 0 Å². The van der Waals surface area contributed by atoms with Crippen molar-refractivity contribution in [1.29, 1.82) is 0 Å². The van der Waals surface area contributed by atoms with E-state index < -0.39 is 0 Å². The molecule has 1 heterocycles. The zero-order chi connectivity index (χ0) is 12.5. The van der Waals surface area contributed by atoms with Gasteiger partial charge in [0.05, 0.1) is 13.2 Å². The Balaban J connectivity index is 2.38. The summed E-state index contributed by atoms with van der Waals surface area (Å²) in [6.07, 6.45) is 4.09. The molecule has 96 valence electrons. The predicted molar refractivity (Wildman–Crippen MR) is 66.1 cm³/mol. The van der Waals surface area contributed by atoms with Crippen LogP contribution in [0.5, 0.6) is 0 Å². The fourth-order valence-electron chi connectivity index (χ4n) is 1.51.